The largest absolute Gasteiger partial charge is 0.480 e. The molecule has 2 unspecified atom stereocenters. The second-order valence-corrected chi connectivity index (χ2v) is 3.48. The molecule has 0 heterocycles. The molecule has 1 rings (SSSR count). The number of hydrogen-bond acceptors (Lipinski definition) is 2. The van der Waals surface area contributed by atoms with Gasteiger partial charge in [-0.05, 0) is 25.2 Å². The molecule has 1 aliphatic carbocycles. The maximum Gasteiger partial charge on any atom is 0.323 e. The lowest BCUT2D eigenvalue weighted by Crippen LogP contribution is -2.45. The van der Waals surface area contributed by atoms with Gasteiger partial charge in [0.25, 0.3) is 0 Å². The Morgan fingerprint density at radius 3 is 2.73 bits per heavy atom. The van der Waals surface area contributed by atoms with Crippen LogP contribution in [-0.4, -0.2) is 16.6 Å². The van der Waals surface area contributed by atoms with Crippen LogP contribution in [-0.2, 0) is 4.79 Å². The molecule has 2 atom stereocenters. The Balaban J connectivity index is 2.57. The fraction of sp³-hybridized carbons (Fsp3) is 0.875. The van der Waals surface area contributed by atoms with Gasteiger partial charge in [-0.15, -0.1) is 0 Å². The maximum absolute atomic E-state index is 10.7. The van der Waals surface area contributed by atoms with Crippen molar-refractivity contribution < 1.29 is 9.90 Å². The highest BCUT2D eigenvalue weighted by Crippen LogP contribution is 2.34. The van der Waals surface area contributed by atoms with E-state index in [0.29, 0.717) is 18.8 Å². The van der Waals surface area contributed by atoms with Crippen LogP contribution in [0.2, 0.25) is 0 Å². The lowest BCUT2D eigenvalue weighted by molar-refractivity contribution is -0.143. The van der Waals surface area contributed by atoms with Crippen LogP contribution in [0.25, 0.3) is 0 Å². The molecule has 1 aliphatic rings. The average Bonchev–Trinajstić information content (AvgIpc) is 2.33. The standard InChI is InChI=1S/C8H15NO2/c1-2-6-3-4-8(9,5-6)7(10)11/h6H,2-5,9H2,1H3,(H,10,11). The Hall–Kier alpha value is -0.570. The van der Waals surface area contributed by atoms with Crippen LogP contribution >= 0.6 is 0 Å². The Bertz CT molecular complexity index is 169. The highest BCUT2D eigenvalue weighted by molar-refractivity contribution is 5.78. The summed E-state index contributed by atoms with van der Waals surface area (Å²) in [7, 11) is 0. The molecular weight excluding hydrogens is 142 g/mol. The van der Waals surface area contributed by atoms with Gasteiger partial charge in [0.1, 0.15) is 5.54 Å². The Morgan fingerprint density at radius 2 is 2.45 bits per heavy atom. The van der Waals surface area contributed by atoms with Crippen molar-refractivity contribution in [3.63, 3.8) is 0 Å². The first-order chi connectivity index (χ1) is 5.08. The first-order valence-corrected chi connectivity index (χ1v) is 4.11. The lowest BCUT2D eigenvalue weighted by atomic mass is 9.97. The molecule has 0 aromatic rings. The minimum atomic E-state index is -0.916. The predicted octanol–water partition coefficient (Wildman–Crippen LogP) is 0.979. The highest BCUT2D eigenvalue weighted by atomic mass is 16.4. The summed E-state index contributed by atoms with van der Waals surface area (Å²) in [6.07, 6.45) is 3.31. The molecule has 0 spiro atoms. The summed E-state index contributed by atoms with van der Waals surface area (Å²) in [6.45, 7) is 2.08. The van der Waals surface area contributed by atoms with Crippen LogP contribution in [0.15, 0.2) is 0 Å². The van der Waals surface area contributed by atoms with Gasteiger partial charge in [0.2, 0.25) is 0 Å². The molecule has 0 radical (unpaired) electrons. The van der Waals surface area contributed by atoms with Crippen LogP contribution in [0.3, 0.4) is 0 Å². The second kappa shape index (κ2) is 2.81. The molecule has 0 aromatic carbocycles. The van der Waals surface area contributed by atoms with Gasteiger partial charge in [0, 0.05) is 0 Å². The molecular formula is C8H15NO2. The van der Waals surface area contributed by atoms with Crippen molar-refractivity contribution in [2.24, 2.45) is 11.7 Å². The third-order valence-electron chi connectivity index (χ3n) is 2.65. The van der Waals surface area contributed by atoms with E-state index >= 15 is 0 Å². The van der Waals surface area contributed by atoms with E-state index in [1.807, 2.05) is 0 Å². The minimum Gasteiger partial charge on any atom is -0.480 e. The van der Waals surface area contributed by atoms with Crippen molar-refractivity contribution in [3.8, 4) is 0 Å². The molecule has 11 heavy (non-hydrogen) atoms. The van der Waals surface area contributed by atoms with Crippen molar-refractivity contribution >= 4 is 5.97 Å². The zero-order valence-corrected chi connectivity index (χ0v) is 6.84. The average molecular weight is 157 g/mol. The van der Waals surface area contributed by atoms with E-state index in [9.17, 15) is 4.79 Å². The number of nitrogens with two attached hydrogens (primary N) is 1. The Morgan fingerprint density at radius 1 is 1.82 bits per heavy atom. The number of carboxylic acids is 1. The summed E-state index contributed by atoms with van der Waals surface area (Å²) in [5.74, 6) is -0.315. The van der Waals surface area contributed by atoms with Crippen molar-refractivity contribution in [2.45, 2.75) is 38.1 Å². The number of rotatable bonds is 2. The second-order valence-electron chi connectivity index (χ2n) is 3.48. The van der Waals surface area contributed by atoms with E-state index in [2.05, 4.69) is 6.92 Å². The fourth-order valence-electron chi connectivity index (χ4n) is 1.72. The molecule has 3 heteroatoms. The first-order valence-electron chi connectivity index (χ1n) is 4.11. The summed E-state index contributed by atoms with van der Waals surface area (Å²) >= 11 is 0. The molecule has 1 fully saturated rings. The van der Waals surface area contributed by atoms with E-state index in [1.165, 1.54) is 0 Å². The number of aliphatic carboxylic acids is 1. The molecule has 0 bridgehead atoms. The summed E-state index contributed by atoms with van der Waals surface area (Å²) in [5, 5.41) is 8.76. The highest BCUT2D eigenvalue weighted by Gasteiger charge is 2.41. The zero-order valence-electron chi connectivity index (χ0n) is 6.84. The lowest BCUT2D eigenvalue weighted by Gasteiger charge is -2.17. The van der Waals surface area contributed by atoms with Crippen LogP contribution in [0.1, 0.15) is 32.6 Å². The fourth-order valence-corrected chi connectivity index (χ4v) is 1.72. The van der Waals surface area contributed by atoms with E-state index in [1.54, 1.807) is 0 Å². The van der Waals surface area contributed by atoms with E-state index in [4.69, 9.17) is 10.8 Å². The van der Waals surface area contributed by atoms with Crippen LogP contribution in [0, 0.1) is 5.92 Å². The van der Waals surface area contributed by atoms with Gasteiger partial charge < -0.3 is 10.8 Å². The topological polar surface area (TPSA) is 63.3 Å². The van der Waals surface area contributed by atoms with Crippen LogP contribution < -0.4 is 5.73 Å². The molecule has 0 aromatic heterocycles. The van der Waals surface area contributed by atoms with Crippen molar-refractivity contribution in [2.75, 3.05) is 0 Å². The number of hydrogen-bond donors (Lipinski definition) is 2. The minimum absolute atomic E-state index is 0.524. The molecule has 64 valence electrons. The molecule has 3 N–H and O–H groups in total. The van der Waals surface area contributed by atoms with Gasteiger partial charge in [-0.3, -0.25) is 4.79 Å². The summed E-state index contributed by atoms with van der Waals surface area (Å²) in [4.78, 5) is 10.7. The van der Waals surface area contributed by atoms with Gasteiger partial charge in [0.15, 0.2) is 0 Å². The number of carbonyl (C=O) groups is 1. The van der Waals surface area contributed by atoms with Crippen molar-refractivity contribution in [1.82, 2.24) is 0 Å². The van der Waals surface area contributed by atoms with Crippen LogP contribution in [0.5, 0.6) is 0 Å². The predicted molar refractivity (Wildman–Crippen MR) is 42.2 cm³/mol. The van der Waals surface area contributed by atoms with E-state index in [-0.39, 0.29) is 0 Å². The van der Waals surface area contributed by atoms with Gasteiger partial charge in [-0.1, -0.05) is 13.3 Å². The Kier molecular flexibility index (Phi) is 2.18. The maximum atomic E-state index is 10.7. The third-order valence-corrected chi connectivity index (χ3v) is 2.65. The molecule has 0 amide bonds. The zero-order chi connectivity index (χ0) is 8.48. The molecule has 1 saturated carbocycles. The quantitative estimate of drug-likeness (QED) is 0.628. The number of carboxylic acid groups (broad SMARTS) is 1. The van der Waals surface area contributed by atoms with Gasteiger partial charge in [-0.2, -0.15) is 0 Å². The first kappa shape index (κ1) is 8.53. The van der Waals surface area contributed by atoms with Gasteiger partial charge >= 0.3 is 5.97 Å². The van der Waals surface area contributed by atoms with Crippen LogP contribution in [0.4, 0.5) is 0 Å². The van der Waals surface area contributed by atoms with E-state index < -0.39 is 11.5 Å². The van der Waals surface area contributed by atoms with Gasteiger partial charge in [0.05, 0.1) is 0 Å². The molecule has 0 saturated heterocycles. The van der Waals surface area contributed by atoms with E-state index in [0.717, 1.165) is 12.8 Å². The monoisotopic (exact) mass is 157 g/mol. The SMILES string of the molecule is CCC1CCC(N)(C(=O)O)C1. The molecule has 0 aliphatic heterocycles. The summed E-state index contributed by atoms with van der Waals surface area (Å²) in [6, 6.07) is 0. The van der Waals surface area contributed by atoms with Crippen molar-refractivity contribution in [3.05, 3.63) is 0 Å². The third kappa shape index (κ3) is 1.53. The van der Waals surface area contributed by atoms with Crippen molar-refractivity contribution in [1.29, 1.82) is 0 Å². The molecule has 3 nitrogen and oxygen atoms in total. The smallest absolute Gasteiger partial charge is 0.323 e. The Labute approximate surface area is 66.6 Å². The van der Waals surface area contributed by atoms with Gasteiger partial charge in [-0.25, -0.2) is 0 Å². The summed E-state index contributed by atoms with van der Waals surface area (Å²) < 4.78 is 0. The normalized spacial score (nSPS) is 37.5. The summed E-state index contributed by atoms with van der Waals surface area (Å²) in [5.41, 5.74) is 4.75.